The first-order valence-electron chi connectivity index (χ1n) is 8.90. The van der Waals surface area contributed by atoms with E-state index in [0.717, 1.165) is 15.8 Å². The maximum atomic E-state index is 13.0. The van der Waals surface area contributed by atoms with E-state index in [0.29, 0.717) is 23.6 Å². The Hall–Kier alpha value is -3.38. The molecule has 0 saturated heterocycles. The van der Waals surface area contributed by atoms with Gasteiger partial charge in [-0.05, 0) is 47.3 Å². The first-order valence-corrected chi connectivity index (χ1v) is 9.78. The van der Waals surface area contributed by atoms with Crippen molar-refractivity contribution in [3.8, 4) is 0 Å². The number of benzene rings is 2. The molecule has 0 fully saturated rings. The number of nitrogens with one attached hydrogen (secondary N) is 2. The van der Waals surface area contributed by atoms with Crippen molar-refractivity contribution in [1.29, 1.82) is 0 Å². The summed E-state index contributed by atoms with van der Waals surface area (Å²) in [5, 5.41) is 7.70. The number of rotatable bonds is 5. The number of amides is 2. The van der Waals surface area contributed by atoms with Crippen molar-refractivity contribution in [3.63, 3.8) is 0 Å². The van der Waals surface area contributed by atoms with Crippen LogP contribution in [-0.2, 0) is 11.3 Å². The molecule has 2 amide bonds. The summed E-state index contributed by atoms with van der Waals surface area (Å²) in [5.41, 5.74) is 4.19. The largest absolute Gasteiger partial charge is 0.331 e. The van der Waals surface area contributed by atoms with Gasteiger partial charge in [-0.2, -0.15) is 0 Å². The van der Waals surface area contributed by atoms with Crippen LogP contribution in [0.3, 0.4) is 0 Å². The Morgan fingerprint density at radius 2 is 1.61 bits per heavy atom. The van der Waals surface area contributed by atoms with Crippen molar-refractivity contribution in [2.24, 2.45) is 0 Å². The number of fused-ring (bicyclic) bond motifs is 1. The molecule has 4 aromatic rings. The number of nitrogens with zero attached hydrogens (tertiary/aromatic N) is 1. The van der Waals surface area contributed by atoms with Crippen LogP contribution in [-0.4, -0.2) is 16.4 Å². The van der Waals surface area contributed by atoms with Gasteiger partial charge in [0, 0.05) is 24.8 Å². The van der Waals surface area contributed by atoms with Crippen LogP contribution in [0.2, 0.25) is 0 Å². The Balaban J connectivity index is 1.59. The lowest BCUT2D eigenvalue weighted by molar-refractivity contribution is -0.114. The lowest BCUT2D eigenvalue weighted by Crippen LogP contribution is -2.17. The summed E-state index contributed by atoms with van der Waals surface area (Å²) in [6.45, 7) is 2.09. The third kappa shape index (κ3) is 3.82. The average Bonchev–Trinajstić information content (AvgIpc) is 3.26. The van der Waals surface area contributed by atoms with E-state index in [1.165, 1.54) is 6.92 Å². The molecule has 0 spiro atoms. The van der Waals surface area contributed by atoms with Gasteiger partial charge < -0.3 is 15.2 Å². The van der Waals surface area contributed by atoms with Crippen LogP contribution in [0.25, 0.3) is 10.2 Å². The minimum absolute atomic E-state index is 0.129. The van der Waals surface area contributed by atoms with Gasteiger partial charge in [-0.25, -0.2) is 0 Å². The first-order chi connectivity index (χ1) is 13.6. The minimum Gasteiger partial charge on any atom is -0.331 e. The number of aromatic nitrogens is 1. The number of hydrogen-bond donors (Lipinski definition) is 2. The van der Waals surface area contributed by atoms with Gasteiger partial charge in [0.05, 0.1) is 10.2 Å². The molecule has 0 aliphatic carbocycles. The van der Waals surface area contributed by atoms with Crippen LogP contribution in [0.15, 0.2) is 72.1 Å². The predicted octanol–water partition coefficient (Wildman–Crippen LogP) is 4.96. The van der Waals surface area contributed by atoms with Crippen LogP contribution in [0.5, 0.6) is 0 Å². The molecule has 0 saturated carbocycles. The number of thiophene rings is 1. The zero-order valence-corrected chi connectivity index (χ0v) is 16.1. The highest BCUT2D eigenvalue weighted by atomic mass is 32.1. The predicted molar refractivity (Wildman–Crippen MR) is 114 cm³/mol. The van der Waals surface area contributed by atoms with Gasteiger partial charge in [0.25, 0.3) is 5.91 Å². The third-order valence-corrected chi connectivity index (χ3v) is 5.26. The van der Waals surface area contributed by atoms with E-state index in [2.05, 4.69) is 22.8 Å². The van der Waals surface area contributed by atoms with E-state index in [1.54, 1.807) is 35.6 Å². The summed E-state index contributed by atoms with van der Waals surface area (Å²) in [6, 6.07) is 21.1. The smallest absolute Gasteiger partial charge is 0.272 e. The van der Waals surface area contributed by atoms with Gasteiger partial charge in [-0.3, -0.25) is 9.59 Å². The average molecular weight is 389 g/mol. The molecular weight excluding hydrogens is 370 g/mol. The fraction of sp³-hybridized carbons (Fsp3) is 0.0909. The molecule has 0 radical (unpaired) electrons. The molecule has 0 bridgehead atoms. The van der Waals surface area contributed by atoms with E-state index in [4.69, 9.17) is 0 Å². The molecule has 2 heterocycles. The van der Waals surface area contributed by atoms with E-state index in [1.807, 2.05) is 40.3 Å². The first kappa shape index (κ1) is 18.0. The van der Waals surface area contributed by atoms with E-state index in [9.17, 15) is 9.59 Å². The molecule has 0 aliphatic heterocycles. The maximum Gasteiger partial charge on any atom is 0.272 e. The second-order valence-corrected chi connectivity index (χ2v) is 7.43. The molecule has 4 rings (SSSR count). The van der Waals surface area contributed by atoms with Crippen molar-refractivity contribution in [2.45, 2.75) is 13.5 Å². The highest BCUT2D eigenvalue weighted by Gasteiger charge is 2.17. The molecule has 140 valence electrons. The van der Waals surface area contributed by atoms with Crippen molar-refractivity contribution >= 4 is 44.7 Å². The topological polar surface area (TPSA) is 63.1 Å². The van der Waals surface area contributed by atoms with Gasteiger partial charge in [-0.15, -0.1) is 11.3 Å². The normalized spacial score (nSPS) is 10.8. The number of carbonyl (C=O) groups excluding carboxylic acids is 2. The van der Waals surface area contributed by atoms with E-state index >= 15 is 0 Å². The van der Waals surface area contributed by atoms with Crippen molar-refractivity contribution in [3.05, 3.63) is 83.4 Å². The lowest BCUT2D eigenvalue weighted by Gasteiger charge is -2.11. The van der Waals surface area contributed by atoms with Crippen molar-refractivity contribution in [1.82, 2.24) is 4.57 Å². The molecule has 6 heteroatoms. The SMILES string of the molecule is CC(=O)Nc1ccc(NC(=O)c2cc3sccc3n2Cc2ccccc2)cc1. The van der Waals surface area contributed by atoms with Crippen LogP contribution in [0.4, 0.5) is 11.4 Å². The van der Waals surface area contributed by atoms with Gasteiger partial charge >= 0.3 is 0 Å². The second kappa shape index (κ2) is 7.70. The Labute approximate surface area is 166 Å². The maximum absolute atomic E-state index is 13.0. The summed E-state index contributed by atoms with van der Waals surface area (Å²) in [4.78, 5) is 24.1. The molecule has 0 unspecified atom stereocenters. The van der Waals surface area contributed by atoms with Crippen molar-refractivity contribution < 1.29 is 9.59 Å². The molecule has 2 aromatic heterocycles. The monoisotopic (exact) mass is 389 g/mol. The summed E-state index contributed by atoms with van der Waals surface area (Å²) in [6.07, 6.45) is 0. The molecule has 2 N–H and O–H groups in total. The van der Waals surface area contributed by atoms with E-state index in [-0.39, 0.29) is 11.8 Å². The molecule has 5 nitrogen and oxygen atoms in total. The molecule has 28 heavy (non-hydrogen) atoms. The lowest BCUT2D eigenvalue weighted by atomic mass is 10.2. The van der Waals surface area contributed by atoms with Crippen molar-refractivity contribution in [2.75, 3.05) is 10.6 Å². The van der Waals surface area contributed by atoms with Gasteiger partial charge in [0.2, 0.25) is 5.91 Å². The standard InChI is InChI=1S/C22H19N3O2S/c1-15(26)23-17-7-9-18(10-8-17)24-22(27)20-13-21-19(11-12-28-21)25(20)14-16-5-3-2-4-6-16/h2-13H,14H2,1H3,(H,23,26)(H,24,27). The summed E-state index contributed by atoms with van der Waals surface area (Å²) in [5.74, 6) is -0.290. The fourth-order valence-electron chi connectivity index (χ4n) is 3.14. The van der Waals surface area contributed by atoms with E-state index < -0.39 is 0 Å². The summed E-state index contributed by atoms with van der Waals surface area (Å²) < 4.78 is 3.13. The van der Waals surface area contributed by atoms with Gasteiger partial charge in [0.15, 0.2) is 0 Å². The molecular formula is C22H19N3O2S. The van der Waals surface area contributed by atoms with Crippen LogP contribution in [0, 0.1) is 0 Å². The summed E-state index contributed by atoms with van der Waals surface area (Å²) in [7, 11) is 0. The number of carbonyl (C=O) groups is 2. The molecule has 2 aromatic carbocycles. The Morgan fingerprint density at radius 1 is 0.929 bits per heavy atom. The van der Waals surface area contributed by atoms with Gasteiger partial charge in [-0.1, -0.05) is 30.3 Å². The number of anilines is 2. The highest BCUT2D eigenvalue weighted by molar-refractivity contribution is 7.17. The minimum atomic E-state index is -0.161. The number of hydrogen-bond acceptors (Lipinski definition) is 3. The van der Waals surface area contributed by atoms with Crippen LogP contribution < -0.4 is 10.6 Å². The molecule has 0 atom stereocenters. The molecule has 0 aliphatic rings. The van der Waals surface area contributed by atoms with Crippen LogP contribution in [0.1, 0.15) is 23.0 Å². The zero-order valence-electron chi connectivity index (χ0n) is 15.3. The van der Waals surface area contributed by atoms with Crippen LogP contribution >= 0.6 is 11.3 Å². The second-order valence-electron chi connectivity index (χ2n) is 6.48. The quantitative estimate of drug-likeness (QED) is 0.507. The zero-order chi connectivity index (χ0) is 19.5. The third-order valence-electron chi connectivity index (χ3n) is 4.40. The van der Waals surface area contributed by atoms with Gasteiger partial charge in [0.1, 0.15) is 5.69 Å². The Bertz CT molecular complexity index is 1130. The Kier molecular flexibility index (Phi) is 4.95. The Morgan fingerprint density at radius 3 is 2.29 bits per heavy atom. The fourth-order valence-corrected chi connectivity index (χ4v) is 3.96. The summed E-state index contributed by atoms with van der Waals surface area (Å²) >= 11 is 1.62. The highest BCUT2D eigenvalue weighted by Crippen LogP contribution is 2.27.